The van der Waals surface area contributed by atoms with E-state index in [2.05, 4.69) is 43.4 Å². The molecule has 2 aliphatic heterocycles. The van der Waals surface area contributed by atoms with Crippen LogP contribution in [0, 0.1) is 16.7 Å². The number of methoxy groups -OCH3 is 1. The molecule has 0 bridgehead atoms. The average Bonchev–Trinajstić information content (AvgIpc) is 3.46. The Bertz CT molecular complexity index is 2190. The molecular formula is C41H51BrN6O12S. The fourth-order valence-corrected chi connectivity index (χ4v) is 8.51. The lowest BCUT2D eigenvalue weighted by Gasteiger charge is -2.36. The van der Waals surface area contributed by atoms with Crippen LogP contribution in [0.1, 0.15) is 54.4 Å². The third kappa shape index (κ3) is 10.2. The van der Waals surface area contributed by atoms with E-state index in [0.29, 0.717) is 51.5 Å². The summed E-state index contributed by atoms with van der Waals surface area (Å²) >= 11 is 4.78. The predicted molar refractivity (Wildman–Crippen MR) is 226 cm³/mol. The molecule has 20 heteroatoms. The molecule has 2 saturated heterocycles. The number of amides is 4. The molecule has 18 nitrogen and oxygen atoms in total. The summed E-state index contributed by atoms with van der Waals surface area (Å²) in [6, 6.07) is 2.78. The summed E-state index contributed by atoms with van der Waals surface area (Å²) in [6.45, 7) is 14.9. The number of aliphatic carboxylic acids is 1. The second-order valence-corrected chi connectivity index (χ2v) is 18.7. The SMILES string of the molecule is C=C[C@@H]1C[C@]1(NC(=O)[C@@H]1C[C@@H](Oc2cc(-c3csc(NC(=O)OC(C)C)n3)nc3c(Br)c(OC)ccc23)CN1C(=O)[C@@H](NC(=O)OCC1(C)COCOC1)C(C)(C)C)C(=O)O. The van der Waals surface area contributed by atoms with Gasteiger partial charge < -0.3 is 49.1 Å². The van der Waals surface area contributed by atoms with Crippen LogP contribution in [0.25, 0.3) is 22.3 Å². The number of pyridine rings is 1. The van der Waals surface area contributed by atoms with Gasteiger partial charge in [-0.2, -0.15) is 0 Å². The Balaban J connectivity index is 1.32. The largest absolute Gasteiger partial charge is 0.495 e. The Morgan fingerprint density at radius 2 is 1.84 bits per heavy atom. The smallest absolute Gasteiger partial charge is 0.413 e. The van der Waals surface area contributed by atoms with Gasteiger partial charge >= 0.3 is 18.2 Å². The number of ether oxygens (including phenoxy) is 6. The number of hydrogen-bond donors (Lipinski definition) is 4. The molecule has 4 N–H and O–H groups in total. The van der Waals surface area contributed by atoms with Crippen molar-refractivity contribution >= 4 is 73.3 Å². The van der Waals surface area contributed by atoms with Crippen LogP contribution in [0.5, 0.6) is 11.5 Å². The van der Waals surface area contributed by atoms with E-state index >= 15 is 0 Å². The fraction of sp³-hybridized carbons (Fsp3) is 0.537. The van der Waals surface area contributed by atoms with Gasteiger partial charge in [0.1, 0.15) is 54.3 Å². The first-order chi connectivity index (χ1) is 28.8. The zero-order chi connectivity index (χ0) is 44.4. The van der Waals surface area contributed by atoms with Gasteiger partial charge in [-0.1, -0.05) is 33.8 Å². The first-order valence-corrected chi connectivity index (χ1v) is 21.3. The van der Waals surface area contributed by atoms with E-state index in [-0.39, 0.29) is 44.0 Å². The van der Waals surface area contributed by atoms with Gasteiger partial charge in [0.05, 0.1) is 48.7 Å². The van der Waals surface area contributed by atoms with Crippen LogP contribution in [-0.2, 0) is 33.3 Å². The van der Waals surface area contributed by atoms with Crippen molar-refractivity contribution < 1.29 is 57.5 Å². The van der Waals surface area contributed by atoms with E-state index in [0.717, 1.165) is 0 Å². The summed E-state index contributed by atoms with van der Waals surface area (Å²) in [5.41, 5.74) is -1.80. The first-order valence-electron chi connectivity index (χ1n) is 19.6. The summed E-state index contributed by atoms with van der Waals surface area (Å²) in [7, 11) is 1.52. The lowest BCUT2D eigenvalue weighted by atomic mass is 9.85. The Morgan fingerprint density at radius 1 is 1.11 bits per heavy atom. The zero-order valence-corrected chi connectivity index (χ0v) is 37.4. The van der Waals surface area contributed by atoms with E-state index in [1.165, 1.54) is 29.4 Å². The number of hydrogen-bond acceptors (Lipinski definition) is 14. The molecule has 6 rings (SSSR count). The third-order valence-electron chi connectivity index (χ3n) is 10.5. The minimum Gasteiger partial charge on any atom is -0.495 e. The molecule has 0 unspecified atom stereocenters. The molecule has 3 fully saturated rings. The van der Waals surface area contributed by atoms with Crippen molar-refractivity contribution in [1.29, 1.82) is 0 Å². The molecule has 1 saturated carbocycles. The lowest BCUT2D eigenvalue weighted by molar-refractivity contribution is -0.169. The van der Waals surface area contributed by atoms with Crippen molar-refractivity contribution in [3.8, 4) is 22.9 Å². The van der Waals surface area contributed by atoms with Crippen LogP contribution in [-0.4, -0.2) is 120 Å². The van der Waals surface area contributed by atoms with Gasteiger partial charge in [-0.3, -0.25) is 14.9 Å². The molecule has 3 aliphatic rings. The molecule has 1 aliphatic carbocycles. The quantitative estimate of drug-likeness (QED) is 0.142. The fourth-order valence-electron chi connectivity index (χ4n) is 7.22. The van der Waals surface area contributed by atoms with E-state index in [4.69, 9.17) is 33.4 Å². The molecule has 4 amide bonds. The lowest BCUT2D eigenvalue weighted by Crippen LogP contribution is -2.59. The van der Waals surface area contributed by atoms with Gasteiger partial charge in [-0.05, 0) is 53.7 Å². The van der Waals surface area contributed by atoms with Gasteiger partial charge in [-0.15, -0.1) is 17.9 Å². The molecule has 5 atom stereocenters. The minimum absolute atomic E-state index is 0.0368. The monoisotopic (exact) mass is 930 g/mol. The van der Waals surface area contributed by atoms with Crippen LogP contribution < -0.4 is 25.4 Å². The Kier molecular flexibility index (Phi) is 13.5. The maximum Gasteiger partial charge on any atom is 0.413 e. The number of likely N-dealkylation sites (tertiary alicyclic amines) is 1. The van der Waals surface area contributed by atoms with Crippen molar-refractivity contribution in [2.24, 2.45) is 16.7 Å². The standard InChI is InChI=1S/C41H51BrN6O12S/c1-9-22-14-41(22,35(51)52)47-33(49)27-12-23(15-48(27)34(50)32(39(4,5)6)45-37(53)58-19-40(7)17-56-20-57-18-40)60-29-13-25(43-31-24(29)10-11-28(55-8)30(31)42)26-16-61-36(44-26)46-38(54)59-21(2)3/h9-11,13,16,21-23,27,32H,1,12,14-15,17-20H2,2-8H3,(H,45,53)(H,47,49)(H,51,52)(H,44,46,54)/t22-,23-,27+,32-,41-/m1/s1. The number of rotatable bonds is 14. The van der Waals surface area contributed by atoms with Gasteiger partial charge in [0.2, 0.25) is 11.8 Å². The van der Waals surface area contributed by atoms with Gasteiger partial charge in [0, 0.05) is 34.6 Å². The molecule has 4 heterocycles. The number of anilines is 1. The number of nitrogens with zero attached hydrogens (tertiary/aromatic N) is 3. The molecule has 0 spiro atoms. The third-order valence-corrected chi connectivity index (χ3v) is 12.1. The number of halogens is 1. The highest BCUT2D eigenvalue weighted by atomic mass is 79.9. The number of carbonyl (C=O) groups excluding carboxylic acids is 4. The number of benzene rings is 1. The molecule has 1 aromatic carbocycles. The van der Waals surface area contributed by atoms with Gasteiger partial charge in [0.15, 0.2) is 5.13 Å². The van der Waals surface area contributed by atoms with Crippen molar-refractivity contribution in [2.45, 2.75) is 84.2 Å². The van der Waals surface area contributed by atoms with Crippen LogP contribution in [0.3, 0.4) is 0 Å². The molecule has 2 aromatic heterocycles. The highest BCUT2D eigenvalue weighted by Gasteiger charge is 2.61. The topological polar surface area (TPSA) is 226 Å². The summed E-state index contributed by atoms with van der Waals surface area (Å²) in [4.78, 5) is 77.7. The van der Waals surface area contributed by atoms with Gasteiger partial charge in [-0.25, -0.2) is 24.4 Å². The number of thiazole rings is 1. The number of fused-ring (bicyclic) bond motifs is 1. The summed E-state index contributed by atoms with van der Waals surface area (Å²) in [5.74, 6) is -2.20. The normalized spacial score (nSPS) is 22.5. The van der Waals surface area contributed by atoms with Crippen LogP contribution >= 0.6 is 27.3 Å². The minimum atomic E-state index is -1.57. The Labute approximate surface area is 365 Å². The Hall–Kier alpha value is -5.05. The molecule has 0 radical (unpaired) electrons. The highest BCUT2D eigenvalue weighted by Crippen LogP contribution is 2.45. The summed E-state index contributed by atoms with van der Waals surface area (Å²) in [6.07, 6.45) is -1.07. The maximum absolute atomic E-state index is 14.7. The number of carboxylic acid groups (broad SMARTS) is 1. The first kappa shape index (κ1) is 45.5. The number of carboxylic acids is 1. The van der Waals surface area contributed by atoms with Crippen molar-refractivity contribution in [2.75, 3.05) is 45.6 Å². The average molecular weight is 932 g/mol. The van der Waals surface area contributed by atoms with Crippen molar-refractivity contribution in [3.63, 3.8) is 0 Å². The molecule has 330 valence electrons. The summed E-state index contributed by atoms with van der Waals surface area (Å²) in [5, 5.41) is 20.7. The van der Waals surface area contributed by atoms with E-state index < -0.39 is 70.4 Å². The summed E-state index contributed by atoms with van der Waals surface area (Å²) < 4.78 is 34.3. The molecule has 3 aromatic rings. The predicted octanol–water partition coefficient (Wildman–Crippen LogP) is 5.73. The molecule has 61 heavy (non-hydrogen) atoms. The number of nitrogens with one attached hydrogen (secondary N) is 3. The van der Waals surface area contributed by atoms with Crippen molar-refractivity contribution in [1.82, 2.24) is 25.5 Å². The van der Waals surface area contributed by atoms with E-state index in [9.17, 15) is 29.1 Å². The maximum atomic E-state index is 14.7. The second-order valence-electron chi connectivity index (χ2n) is 17.0. The van der Waals surface area contributed by atoms with Crippen LogP contribution in [0.2, 0.25) is 0 Å². The highest BCUT2D eigenvalue weighted by molar-refractivity contribution is 9.10. The zero-order valence-electron chi connectivity index (χ0n) is 35.0. The van der Waals surface area contributed by atoms with E-state index in [1.807, 2.05) is 6.92 Å². The second kappa shape index (κ2) is 18.1. The van der Waals surface area contributed by atoms with E-state index in [1.54, 1.807) is 58.2 Å². The van der Waals surface area contributed by atoms with Crippen molar-refractivity contribution in [3.05, 3.63) is 40.7 Å². The number of carbonyl (C=O) groups is 5. The Morgan fingerprint density at radius 3 is 2.46 bits per heavy atom. The number of aromatic nitrogens is 2. The van der Waals surface area contributed by atoms with Crippen LogP contribution in [0.15, 0.2) is 40.7 Å². The van der Waals surface area contributed by atoms with Crippen LogP contribution in [0.4, 0.5) is 14.7 Å². The number of alkyl carbamates (subject to hydrolysis) is 1. The van der Waals surface area contributed by atoms with Gasteiger partial charge in [0.25, 0.3) is 0 Å². The molecular weight excluding hydrogens is 880 g/mol.